The lowest BCUT2D eigenvalue weighted by atomic mass is 10.1. The Morgan fingerprint density at radius 1 is 0.742 bits per heavy atom. The summed E-state index contributed by atoms with van der Waals surface area (Å²) in [5, 5.41) is 0. The summed E-state index contributed by atoms with van der Waals surface area (Å²) in [4.78, 5) is 19.9. The summed E-state index contributed by atoms with van der Waals surface area (Å²) in [5.74, 6) is 2.81. The van der Waals surface area contributed by atoms with Gasteiger partial charge in [-0.15, -0.1) is 0 Å². The second-order valence-corrected chi connectivity index (χ2v) is 8.84. The van der Waals surface area contributed by atoms with Gasteiger partial charge in [0.2, 0.25) is 11.7 Å². The highest BCUT2D eigenvalue weighted by Crippen LogP contribution is 2.32. The number of benzene rings is 1. The molecule has 0 radical (unpaired) electrons. The fourth-order valence-corrected chi connectivity index (χ4v) is 5.08. The molecule has 3 aromatic heterocycles. The maximum Gasteiger partial charge on any atom is 0.229 e. The lowest BCUT2D eigenvalue weighted by Gasteiger charge is -2.30. The molecule has 0 unspecified atom stereocenters. The summed E-state index contributed by atoms with van der Waals surface area (Å²) >= 11 is 0. The monoisotopic (exact) mass is 415 g/mol. The van der Waals surface area contributed by atoms with Gasteiger partial charge in [0.15, 0.2) is 11.5 Å². The van der Waals surface area contributed by atoms with E-state index in [-0.39, 0.29) is 0 Å². The van der Waals surface area contributed by atoms with Gasteiger partial charge in [-0.2, -0.15) is 15.0 Å². The van der Waals surface area contributed by atoms with Crippen molar-refractivity contribution in [3.8, 4) is 11.3 Å². The summed E-state index contributed by atoms with van der Waals surface area (Å²) in [6.07, 6.45) is 9.66. The maximum atomic E-state index is 5.15. The minimum absolute atomic E-state index is 0.807. The van der Waals surface area contributed by atoms with E-state index in [2.05, 4.69) is 62.3 Å². The zero-order valence-corrected chi connectivity index (χ0v) is 18.2. The van der Waals surface area contributed by atoms with Crippen molar-refractivity contribution in [1.29, 1.82) is 0 Å². The Hall–Kier alpha value is -3.09. The Kier molecular flexibility index (Phi) is 4.55. The minimum Gasteiger partial charge on any atom is -0.355 e. The van der Waals surface area contributed by atoms with E-state index in [1.165, 1.54) is 44.1 Å². The van der Waals surface area contributed by atoms with E-state index in [4.69, 9.17) is 15.0 Å². The molecular formula is C24H29N7. The Balaban J connectivity index is 1.56. The van der Waals surface area contributed by atoms with Crippen LogP contribution in [-0.4, -0.2) is 50.1 Å². The van der Waals surface area contributed by atoms with E-state index in [0.29, 0.717) is 0 Å². The van der Waals surface area contributed by atoms with Crippen LogP contribution in [0.2, 0.25) is 0 Å². The molecule has 4 aromatic rings. The fraction of sp³-hybridized carbons (Fsp3) is 0.458. The maximum absolute atomic E-state index is 5.15. The molecule has 7 nitrogen and oxygen atoms in total. The Morgan fingerprint density at radius 2 is 1.42 bits per heavy atom. The van der Waals surface area contributed by atoms with Gasteiger partial charge in [-0.05, 0) is 44.1 Å². The van der Waals surface area contributed by atoms with Gasteiger partial charge < -0.3 is 14.4 Å². The molecule has 0 N–H and O–H groups in total. The van der Waals surface area contributed by atoms with Gasteiger partial charge in [-0.3, -0.25) is 4.40 Å². The molecule has 7 heteroatoms. The summed E-state index contributed by atoms with van der Waals surface area (Å²) in [6.45, 7) is 4.18. The third-order valence-electron chi connectivity index (χ3n) is 6.77. The summed E-state index contributed by atoms with van der Waals surface area (Å²) in [7, 11) is 2.09. The molecule has 2 aliphatic rings. The number of hydrogen-bond acceptors (Lipinski definition) is 5. The predicted molar refractivity (Wildman–Crippen MR) is 125 cm³/mol. The molecule has 0 saturated carbocycles. The highest BCUT2D eigenvalue weighted by atomic mass is 15.3. The number of nitrogens with zero attached hydrogens (tertiary/aromatic N) is 7. The molecule has 160 valence electrons. The quantitative estimate of drug-likeness (QED) is 0.500. The third kappa shape index (κ3) is 3.14. The highest BCUT2D eigenvalue weighted by molar-refractivity contribution is 5.89. The van der Waals surface area contributed by atoms with Crippen molar-refractivity contribution in [2.24, 2.45) is 7.05 Å². The average molecular weight is 416 g/mol. The molecule has 2 saturated heterocycles. The fourth-order valence-electron chi connectivity index (χ4n) is 5.08. The van der Waals surface area contributed by atoms with Crippen molar-refractivity contribution < 1.29 is 0 Å². The Labute approximate surface area is 182 Å². The summed E-state index contributed by atoms with van der Waals surface area (Å²) < 4.78 is 4.36. The molecule has 0 atom stereocenters. The molecule has 0 aliphatic carbocycles. The first kappa shape index (κ1) is 18.7. The number of aromatic nitrogens is 5. The molecule has 6 rings (SSSR count). The van der Waals surface area contributed by atoms with Crippen LogP contribution in [0.3, 0.4) is 0 Å². The molecule has 0 spiro atoms. The van der Waals surface area contributed by atoms with Crippen LogP contribution in [0.1, 0.15) is 38.5 Å². The summed E-state index contributed by atoms with van der Waals surface area (Å²) in [5.41, 5.74) is 4.18. The second-order valence-electron chi connectivity index (χ2n) is 8.84. The number of imidazole rings is 2. The SMILES string of the molecule is Cn1c(-c2ccccc2)cn2c3c(N4CCCCC4)nc(N4CCCCC4)nc3nc12. The lowest BCUT2D eigenvalue weighted by molar-refractivity contribution is 0.562. The number of fused-ring (bicyclic) bond motifs is 3. The predicted octanol–water partition coefficient (Wildman–Crippen LogP) is 4.26. The van der Waals surface area contributed by atoms with Crippen LogP contribution in [0, 0.1) is 0 Å². The van der Waals surface area contributed by atoms with Crippen LogP contribution in [0.4, 0.5) is 11.8 Å². The largest absolute Gasteiger partial charge is 0.355 e. The van der Waals surface area contributed by atoms with E-state index < -0.39 is 0 Å². The standard InChI is InChI=1S/C24H29N7/c1-28-19(18-11-5-2-6-12-18)17-31-20-21(26-24(28)31)25-23(30-15-9-4-10-16-30)27-22(20)29-13-7-3-8-14-29/h2,5-6,11-12,17H,3-4,7-10,13-16H2,1H3. The van der Waals surface area contributed by atoms with Crippen molar-refractivity contribution >= 4 is 28.7 Å². The number of aryl methyl sites for hydroxylation is 1. The second kappa shape index (κ2) is 7.55. The van der Waals surface area contributed by atoms with E-state index in [1.54, 1.807) is 0 Å². The van der Waals surface area contributed by atoms with Crippen molar-refractivity contribution in [2.75, 3.05) is 36.0 Å². The van der Waals surface area contributed by atoms with Gasteiger partial charge in [0.1, 0.15) is 5.52 Å². The summed E-state index contributed by atoms with van der Waals surface area (Å²) in [6, 6.07) is 10.5. The third-order valence-corrected chi connectivity index (χ3v) is 6.77. The van der Waals surface area contributed by atoms with Crippen LogP contribution < -0.4 is 9.80 Å². The van der Waals surface area contributed by atoms with Crippen molar-refractivity contribution in [1.82, 2.24) is 23.9 Å². The first-order valence-electron chi connectivity index (χ1n) is 11.6. The van der Waals surface area contributed by atoms with Gasteiger partial charge >= 0.3 is 0 Å². The molecule has 2 fully saturated rings. The van der Waals surface area contributed by atoms with Crippen LogP contribution in [0.25, 0.3) is 28.2 Å². The number of hydrogen-bond donors (Lipinski definition) is 0. The normalized spacial score (nSPS) is 17.7. The van der Waals surface area contributed by atoms with Crippen molar-refractivity contribution in [3.63, 3.8) is 0 Å². The van der Waals surface area contributed by atoms with Gasteiger partial charge in [0.25, 0.3) is 0 Å². The number of anilines is 2. The van der Waals surface area contributed by atoms with Gasteiger partial charge in [0.05, 0.1) is 5.69 Å². The molecular weight excluding hydrogens is 386 g/mol. The zero-order valence-electron chi connectivity index (χ0n) is 18.2. The van der Waals surface area contributed by atoms with Gasteiger partial charge in [-0.1, -0.05) is 30.3 Å². The van der Waals surface area contributed by atoms with Crippen LogP contribution in [-0.2, 0) is 7.05 Å². The van der Waals surface area contributed by atoms with Crippen molar-refractivity contribution in [2.45, 2.75) is 38.5 Å². The van der Waals surface area contributed by atoms with Gasteiger partial charge in [0, 0.05) is 39.4 Å². The first-order valence-corrected chi connectivity index (χ1v) is 11.6. The number of piperidine rings is 2. The lowest BCUT2D eigenvalue weighted by Crippen LogP contribution is -2.34. The minimum atomic E-state index is 0.807. The average Bonchev–Trinajstić information content (AvgIpc) is 3.36. The van der Waals surface area contributed by atoms with E-state index in [9.17, 15) is 0 Å². The smallest absolute Gasteiger partial charge is 0.229 e. The Morgan fingerprint density at radius 3 is 2.13 bits per heavy atom. The van der Waals surface area contributed by atoms with Gasteiger partial charge in [-0.25, -0.2) is 0 Å². The van der Waals surface area contributed by atoms with E-state index in [1.807, 2.05) is 0 Å². The molecule has 5 heterocycles. The molecule has 0 amide bonds. The molecule has 1 aromatic carbocycles. The van der Waals surface area contributed by atoms with E-state index in [0.717, 1.165) is 60.6 Å². The Bertz CT molecular complexity index is 1210. The topological polar surface area (TPSA) is 54.5 Å². The van der Waals surface area contributed by atoms with Crippen LogP contribution in [0.5, 0.6) is 0 Å². The molecule has 31 heavy (non-hydrogen) atoms. The first-order chi connectivity index (χ1) is 15.3. The zero-order chi connectivity index (χ0) is 20.8. The van der Waals surface area contributed by atoms with Crippen LogP contribution >= 0.6 is 0 Å². The van der Waals surface area contributed by atoms with Crippen molar-refractivity contribution in [3.05, 3.63) is 36.5 Å². The van der Waals surface area contributed by atoms with Crippen LogP contribution in [0.15, 0.2) is 36.5 Å². The molecule has 0 bridgehead atoms. The number of rotatable bonds is 3. The molecule has 2 aliphatic heterocycles. The van der Waals surface area contributed by atoms with E-state index >= 15 is 0 Å². The highest BCUT2D eigenvalue weighted by Gasteiger charge is 2.25.